The Morgan fingerprint density at radius 1 is 1.23 bits per heavy atom. The van der Waals surface area contributed by atoms with Gasteiger partial charge in [0.25, 0.3) is 10.1 Å². The Bertz CT molecular complexity index is 211. The molecule has 1 unspecified atom stereocenters. The molecule has 0 saturated carbocycles. The number of hydrogen-bond donors (Lipinski definition) is 0. The minimum Gasteiger partial charge on any atom is -0.385 e. The highest BCUT2D eigenvalue weighted by Crippen LogP contribution is 2.03. The molecule has 5 nitrogen and oxygen atoms in total. The minimum atomic E-state index is -3.41. The van der Waals surface area contributed by atoms with Crippen LogP contribution in [0.15, 0.2) is 0 Å². The summed E-state index contributed by atoms with van der Waals surface area (Å²) in [6, 6.07) is 0. The lowest BCUT2D eigenvalue weighted by Gasteiger charge is -2.14. The molecule has 0 rings (SSSR count). The van der Waals surface area contributed by atoms with Crippen LogP contribution in [-0.4, -0.2) is 48.2 Å². The van der Waals surface area contributed by atoms with E-state index in [1.165, 1.54) is 7.11 Å². The summed E-state index contributed by atoms with van der Waals surface area (Å²) in [5.41, 5.74) is 0. The van der Waals surface area contributed by atoms with Crippen LogP contribution in [0.4, 0.5) is 0 Å². The summed E-state index contributed by atoms with van der Waals surface area (Å²) in [7, 11) is -0.374. The largest absolute Gasteiger partial charge is 0.385 e. The lowest BCUT2D eigenvalue weighted by atomic mass is 10.3. The molecule has 1 atom stereocenters. The average Bonchev–Trinajstić information content (AvgIpc) is 1.98. The van der Waals surface area contributed by atoms with Gasteiger partial charge in [-0.05, 0) is 0 Å². The number of methoxy groups -OCH3 is 2. The van der Waals surface area contributed by atoms with Crippen LogP contribution < -0.4 is 0 Å². The van der Waals surface area contributed by atoms with Crippen molar-refractivity contribution in [2.45, 2.75) is 12.5 Å². The van der Waals surface area contributed by atoms with E-state index in [9.17, 15) is 8.42 Å². The van der Waals surface area contributed by atoms with Crippen molar-refractivity contribution < 1.29 is 22.1 Å². The molecule has 0 saturated heterocycles. The summed E-state index contributed by atoms with van der Waals surface area (Å²) >= 11 is 0. The summed E-state index contributed by atoms with van der Waals surface area (Å²) in [6.07, 6.45) is 1.06. The Hall–Kier alpha value is -0.170. The van der Waals surface area contributed by atoms with Crippen molar-refractivity contribution in [3.8, 4) is 0 Å². The highest BCUT2D eigenvalue weighted by molar-refractivity contribution is 7.86. The SMILES string of the molecule is COCCC(COC)OS(C)(=O)=O. The first-order chi connectivity index (χ1) is 5.99. The van der Waals surface area contributed by atoms with Gasteiger partial charge in [-0.2, -0.15) is 8.42 Å². The van der Waals surface area contributed by atoms with E-state index >= 15 is 0 Å². The molecule has 0 aromatic rings. The van der Waals surface area contributed by atoms with Crippen LogP contribution in [0.2, 0.25) is 0 Å². The second-order valence-electron chi connectivity index (χ2n) is 2.66. The summed E-state index contributed by atoms with van der Waals surface area (Å²) in [6.45, 7) is 0.694. The second kappa shape index (κ2) is 6.31. The number of hydrogen-bond acceptors (Lipinski definition) is 5. The van der Waals surface area contributed by atoms with Crippen molar-refractivity contribution in [3.63, 3.8) is 0 Å². The van der Waals surface area contributed by atoms with Crippen molar-refractivity contribution in [1.29, 1.82) is 0 Å². The zero-order chi connectivity index (χ0) is 10.3. The molecule has 0 aliphatic heterocycles. The highest BCUT2D eigenvalue weighted by Gasteiger charge is 2.14. The fourth-order valence-corrected chi connectivity index (χ4v) is 1.49. The van der Waals surface area contributed by atoms with Gasteiger partial charge in [0.2, 0.25) is 0 Å². The maximum absolute atomic E-state index is 10.8. The molecular formula is C7H16O5S. The third kappa shape index (κ3) is 8.17. The summed E-state index contributed by atoms with van der Waals surface area (Å²) < 4.78 is 35.9. The van der Waals surface area contributed by atoms with Gasteiger partial charge in [-0.15, -0.1) is 0 Å². The van der Waals surface area contributed by atoms with Crippen LogP contribution in [0.5, 0.6) is 0 Å². The van der Waals surface area contributed by atoms with Crippen LogP contribution >= 0.6 is 0 Å². The van der Waals surface area contributed by atoms with Gasteiger partial charge >= 0.3 is 0 Å². The molecule has 0 spiro atoms. The normalized spacial score (nSPS) is 14.4. The van der Waals surface area contributed by atoms with E-state index in [4.69, 9.17) is 13.7 Å². The summed E-state index contributed by atoms with van der Waals surface area (Å²) in [5.74, 6) is 0. The molecular weight excluding hydrogens is 196 g/mol. The first kappa shape index (κ1) is 12.8. The summed E-state index contributed by atoms with van der Waals surface area (Å²) in [5, 5.41) is 0. The zero-order valence-electron chi connectivity index (χ0n) is 8.15. The molecule has 13 heavy (non-hydrogen) atoms. The van der Waals surface area contributed by atoms with Gasteiger partial charge in [0.1, 0.15) is 6.10 Å². The van der Waals surface area contributed by atoms with Crippen LogP contribution in [-0.2, 0) is 23.8 Å². The Morgan fingerprint density at radius 2 is 1.85 bits per heavy atom. The van der Waals surface area contributed by atoms with Gasteiger partial charge in [0.15, 0.2) is 0 Å². The molecule has 0 radical (unpaired) electrons. The Labute approximate surface area is 79.1 Å². The predicted octanol–water partition coefficient (Wildman–Crippen LogP) is 0.0141. The molecule has 6 heteroatoms. The van der Waals surface area contributed by atoms with E-state index in [-0.39, 0.29) is 6.61 Å². The van der Waals surface area contributed by atoms with Crippen molar-refractivity contribution in [1.82, 2.24) is 0 Å². The van der Waals surface area contributed by atoms with E-state index in [2.05, 4.69) is 0 Å². The van der Waals surface area contributed by atoms with Crippen molar-refractivity contribution in [2.24, 2.45) is 0 Å². The molecule has 0 aromatic heterocycles. The van der Waals surface area contributed by atoms with Gasteiger partial charge < -0.3 is 9.47 Å². The van der Waals surface area contributed by atoms with Crippen LogP contribution in [0, 0.1) is 0 Å². The van der Waals surface area contributed by atoms with Crippen LogP contribution in [0.1, 0.15) is 6.42 Å². The maximum atomic E-state index is 10.8. The Balaban J connectivity index is 3.94. The molecule has 0 aromatic carbocycles. The van der Waals surface area contributed by atoms with E-state index in [0.29, 0.717) is 13.0 Å². The maximum Gasteiger partial charge on any atom is 0.264 e. The van der Waals surface area contributed by atoms with Gasteiger partial charge in [-0.3, -0.25) is 4.18 Å². The standard InChI is InChI=1S/C7H16O5S/c1-10-5-4-7(6-11-2)12-13(3,8)9/h7H,4-6H2,1-3H3. The first-order valence-electron chi connectivity index (χ1n) is 3.85. The topological polar surface area (TPSA) is 61.8 Å². The molecule has 0 aliphatic carbocycles. The molecule has 0 fully saturated rings. The lowest BCUT2D eigenvalue weighted by Crippen LogP contribution is -2.24. The highest BCUT2D eigenvalue weighted by atomic mass is 32.2. The molecule has 0 heterocycles. The van der Waals surface area contributed by atoms with Crippen molar-refractivity contribution >= 4 is 10.1 Å². The average molecular weight is 212 g/mol. The molecule has 0 amide bonds. The second-order valence-corrected chi connectivity index (χ2v) is 4.26. The van der Waals surface area contributed by atoms with Gasteiger partial charge in [0, 0.05) is 27.2 Å². The molecule has 0 N–H and O–H groups in total. The first-order valence-corrected chi connectivity index (χ1v) is 5.67. The quantitative estimate of drug-likeness (QED) is 0.556. The molecule has 0 bridgehead atoms. The van der Waals surface area contributed by atoms with Crippen molar-refractivity contribution in [2.75, 3.05) is 33.7 Å². The van der Waals surface area contributed by atoms with E-state index < -0.39 is 16.2 Å². The smallest absolute Gasteiger partial charge is 0.264 e. The molecule has 80 valence electrons. The van der Waals surface area contributed by atoms with Crippen LogP contribution in [0.25, 0.3) is 0 Å². The molecule has 0 aliphatic rings. The van der Waals surface area contributed by atoms with E-state index in [1.807, 2.05) is 0 Å². The van der Waals surface area contributed by atoms with Gasteiger partial charge in [-0.1, -0.05) is 0 Å². The predicted molar refractivity (Wildman–Crippen MR) is 48.1 cm³/mol. The minimum absolute atomic E-state index is 0.246. The fourth-order valence-electron chi connectivity index (χ4n) is 0.842. The fraction of sp³-hybridized carbons (Fsp3) is 1.00. The van der Waals surface area contributed by atoms with Crippen LogP contribution in [0.3, 0.4) is 0 Å². The van der Waals surface area contributed by atoms with Gasteiger partial charge in [-0.25, -0.2) is 0 Å². The third-order valence-corrected chi connectivity index (χ3v) is 1.93. The monoisotopic (exact) mass is 212 g/mol. The van der Waals surface area contributed by atoms with E-state index in [0.717, 1.165) is 6.26 Å². The number of ether oxygens (including phenoxy) is 2. The lowest BCUT2D eigenvalue weighted by molar-refractivity contribution is 0.0603. The number of rotatable bonds is 7. The Kier molecular flexibility index (Phi) is 6.23. The van der Waals surface area contributed by atoms with Crippen molar-refractivity contribution in [3.05, 3.63) is 0 Å². The Morgan fingerprint density at radius 3 is 2.23 bits per heavy atom. The van der Waals surface area contributed by atoms with E-state index in [1.54, 1.807) is 7.11 Å². The van der Waals surface area contributed by atoms with Gasteiger partial charge in [0.05, 0.1) is 12.9 Å². The zero-order valence-corrected chi connectivity index (χ0v) is 8.96. The summed E-state index contributed by atoms with van der Waals surface area (Å²) in [4.78, 5) is 0. The third-order valence-electron chi connectivity index (χ3n) is 1.31.